The quantitative estimate of drug-likeness (QED) is 0.168. The van der Waals surface area contributed by atoms with Crippen LogP contribution >= 0.6 is 0 Å². The summed E-state index contributed by atoms with van der Waals surface area (Å²) in [5, 5.41) is 14.4. The van der Waals surface area contributed by atoms with Gasteiger partial charge in [-0.2, -0.15) is 0 Å². The van der Waals surface area contributed by atoms with E-state index in [1.807, 2.05) is 44.2 Å². The molecule has 4 aromatic carbocycles. The highest BCUT2D eigenvalue weighted by atomic mass is 19.1. The minimum absolute atomic E-state index is 0.0553. The first-order valence-electron chi connectivity index (χ1n) is 15.9. The number of ether oxygens (including phenoxy) is 2. The maximum absolute atomic E-state index is 16.5. The Morgan fingerprint density at radius 3 is 2.51 bits per heavy atom. The van der Waals surface area contributed by atoms with E-state index in [2.05, 4.69) is 10.3 Å². The maximum Gasteiger partial charge on any atom is 0.281 e. The number of rotatable bonds is 7. The fourth-order valence-electron chi connectivity index (χ4n) is 6.58. The number of carbonyl (C=O) groups is 2. The summed E-state index contributed by atoms with van der Waals surface area (Å²) < 4.78 is 33.4. The van der Waals surface area contributed by atoms with E-state index in [4.69, 9.17) is 13.9 Å². The number of phenols is 1. The standard InChI is InChI=1S/C39H34FN3O6/c1-39(2)19-29-33(32(45)20-39)36(27-17-16-26(18-28(27)40)48-21-23-8-5-4-6-9-23)43(30-10-7-11-31(44)34(30)42-29)38(46)35-37(49-22-41-35)24-12-14-25(47-3)15-13-24/h4-18,22,36,42,44H,19-21H2,1-3H3. The van der Waals surface area contributed by atoms with Crippen LogP contribution in [0.25, 0.3) is 11.3 Å². The largest absolute Gasteiger partial charge is 0.506 e. The monoisotopic (exact) mass is 659 g/mol. The molecule has 0 bridgehead atoms. The number of aromatic hydroxyl groups is 1. The number of phenolic OH excluding ortho intramolecular Hbond substituents is 1. The van der Waals surface area contributed by atoms with E-state index in [1.54, 1.807) is 55.6 Å². The molecule has 10 heteroatoms. The third kappa shape index (κ3) is 6.01. The molecule has 1 amide bonds. The lowest BCUT2D eigenvalue weighted by molar-refractivity contribution is -0.118. The van der Waals surface area contributed by atoms with Crippen LogP contribution in [0, 0.1) is 11.2 Å². The van der Waals surface area contributed by atoms with Gasteiger partial charge in [0.1, 0.15) is 35.4 Å². The molecule has 0 radical (unpaired) electrons. The molecule has 1 aliphatic heterocycles. The summed E-state index contributed by atoms with van der Waals surface area (Å²) in [5.41, 5.74) is 2.26. The van der Waals surface area contributed by atoms with Crippen LogP contribution in [0.2, 0.25) is 0 Å². The summed E-state index contributed by atoms with van der Waals surface area (Å²) in [6.45, 7) is 4.18. The van der Waals surface area contributed by atoms with Crippen LogP contribution in [-0.4, -0.2) is 28.9 Å². The molecule has 49 heavy (non-hydrogen) atoms. The number of allylic oxidation sites excluding steroid dienone is 1. The zero-order chi connectivity index (χ0) is 34.3. The lowest BCUT2D eigenvalue weighted by Gasteiger charge is -2.37. The second-order valence-corrected chi connectivity index (χ2v) is 12.9. The second kappa shape index (κ2) is 12.6. The van der Waals surface area contributed by atoms with E-state index in [1.165, 1.54) is 23.4 Å². The number of hydrogen-bond donors (Lipinski definition) is 2. The van der Waals surface area contributed by atoms with Crippen LogP contribution in [0.1, 0.15) is 54.3 Å². The van der Waals surface area contributed by atoms with Gasteiger partial charge in [-0.15, -0.1) is 0 Å². The van der Waals surface area contributed by atoms with Crippen molar-refractivity contribution in [2.75, 3.05) is 17.3 Å². The lowest BCUT2D eigenvalue weighted by Crippen LogP contribution is -2.40. The van der Waals surface area contributed by atoms with Crippen molar-refractivity contribution in [3.63, 3.8) is 0 Å². The minimum atomic E-state index is -1.23. The molecule has 2 N–H and O–H groups in total. The van der Waals surface area contributed by atoms with Crippen molar-refractivity contribution in [2.45, 2.75) is 39.3 Å². The number of benzene rings is 4. The van der Waals surface area contributed by atoms with Crippen molar-refractivity contribution in [1.29, 1.82) is 0 Å². The van der Waals surface area contributed by atoms with Crippen LogP contribution in [-0.2, 0) is 11.4 Å². The van der Waals surface area contributed by atoms with E-state index < -0.39 is 23.2 Å². The molecule has 0 spiro atoms. The molecular weight excluding hydrogens is 625 g/mol. The third-order valence-electron chi connectivity index (χ3n) is 8.86. The van der Waals surface area contributed by atoms with Crippen LogP contribution in [0.4, 0.5) is 15.8 Å². The number of oxazole rings is 1. The number of aromatic nitrogens is 1. The number of halogens is 1. The van der Waals surface area contributed by atoms with Crippen molar-refractivity contribution >= 4 is 23.1 Å². The molecule has 9 nitrogen and oxygen atoms in total. The summed E-state index contributed by atoms with van der Waals surface area (Å²) in [6.07, 6.45) is 1.76. The second-order valence-electron chi connectivity index (χ2n) is 12.9. The Balaban J connectivity index is 1.39. The van der Waals surface area contributed by atoms with Gasteiger partial charge in [-0.1, -0.05) is 50.2 Å². The Morgan fingerprint density at radius 2 is 1.78 bits per heavy atom. The van der Waals surface area contributed by atoms with Gasteiger partial charge in [-0.05, 0) is 65.9 Å². The predicted molar refractivity (Wildman–Crippen MR) is 182 cm³/mol. The predicted octanol–water partition coefficient (Wildman–Crippen LogP) is 8.23. The zero-order valence-electron chi connectivity index (χ0n) is 27.2. The number of para-hydroxylation sites is 1. The summed E-state index contributed by atoms with van der Waals surface area (Å²) >= 11 is 0. The Morgan fingerprint density at radius 1 is 1.02 bits per heavy atom. The van der Waals surface area contributed by atoms with E-state index in [0.717, 1.165) is 5.56 Å². The molecule has 1 atom stereocenters. The number of methoxy groups -OCH3 is 1. The molecule has 0 saturated carbocycles. The third-order valence-corrected chi connectivity index (χ3v) is 8.86. The highest BCUT2D eigenvalue weighted by Crippen LogP contribution is 2.51. The SMILES string of the molecule is COc1ccc(-c2ocnc2C(=O)N2c3cccc(O)c3NC3=C(C(=O)CC(C)(C)C3)C2c2ccc(OCc3ccccc3)cc2F)cc1. The molecule has 1 aromatic heterocycles. The van der Waals surface area contributed by atoms with Crippen molar-refractivity contribution in [1.82, 2.24) is 4.98 Å². The molecule has 0 saturated heterocycles. The van der Waals surface area contributed by atoms with E-state index in [0.29, 0.717) is 23.4 Å². The summed E-state index contributed by atoms with van der Waals surface area (Å²) in [6, 6.07) is 24.4. The Labute approximate surface area is 282 Å². The number of nitrogens with zero attached hydrogens (tertiary/aromatic N) is 2. The van der Waals surface area contributed by atoms with Crippen LogP contribution in [0.3, 0.4) is 0 Å². The Bertz CT molecular complexity index is 2090. The number of fused-ring (bicyclic) bond motifs is 1. The van der Waals surface area contributed by atoms with Gasteiger partial charge in [0.2, 0.25) is 0 Å². The van der Waals surface area contributed by atoms with Crippen molar-refractivity contribution in [3.05, 3.63) is 131 Å². The fraction of sp³-hybridized carbons (Fsp3) is 0.205. The molecule has 1 unspecified atom stereocenters. The molecule has 7 rings (SSSR count). The van der Waals surface area contributed by atoms with Gasteiger partial charge >= 0.3 is 0 Å². The average molecular weight is 660 g/mol. The van der Waals surface area contributed by atoms with Gasteiger partial charge in [-0.3, -0.25) is 14.5 Å². The first kappa shape index (κ1) is 31.7. The molecule has 0 fully saturated rings. The molecule has 248 valence electrons. The maximum atomic E-state index is 16.5. The molecule has 5 aromatic rings. The van der Waals surface area contributed by atoms with Crippen molar-refractivity contribution in [2.24, 2.45) is 5.41 Å². The molecule has 1 aliphatic carbocycles. The smallest absolute Gasteiger partial charge is 0.281 e. The van der Waals surface area contributed by atoms with Gasteiger partial charge < -0.3 is 24.3 Å². The molecular formula is C39H34FN3O6. The Hall–Kier alpha value is -5.90. The Kier molecular flexibility index (Phi) is 8.15. The van der Waals surface area contributed by atoms with Gasteiger partial charge in [-0.25, -0.2) is 9.37 Å². The lowest BCUT2D eigenvalue weighted by atomic mass is 9.73. The van der Waals surface area contributed by atoms with E-state index in [9.17, 15) is 14.7 Å². The number of anilines is 2. The average Bonchev–Trinajstić information content (AvgIpc) is 3.53. The van der Waals surface area contributed by atoms with Crippen molar-refractivity contribution in [3.8, 4) is 28.6 Å². The number of hydrogen-bond acceptors (Lipinski definition) is 8. The topological polar surface area (TPSA) is 114 Å². The summed E-state index contributed by atoms with van der Waals surface area (Å²) in [4.78, 5) is 34.7. The number of carbonyl (C=O) groups excluding carboxylic acids is 2. The summed E-state index contributed by atoms with van der Waals surface area (Å²) in [5.74, 6) is -0.626. The highest BCUT2D eigenvalue weighted by Gasteiger charge is 2.45. The zero-order valence-corrected chi connectivity index (χ0v) is 27.2. The van der Waals surface area contributed by atoms with Gasteiger partial charge in [0, 0.05) is 34.9 Å². The van der Waals surface area contributed by atoms with Crippen LogP contribution < -0.4 is 19.7 Å². The number of nitrogens with one attached hydrogen (secondary N) is 1. The van der Waals surface area contributed by atoms with E-state index in [-0.39, 0.29) is 64.3 Å². The first-order valence-corrected chi connectivity index (χ1v) is 15.9. The van der Waals surface area contributed by atoms with Gasteiger partial charge in [0.25, 0.3) is 5.91 Å². The van der Waals surface area contributed by atoms with Gasteiger partial charge in [0.15, 0.2) is 23.6 Å². The number of ketones is 1. The van der Waals surface area contributed by atoms with E-state index >= 15 is 4.39 Å². The highest BCUT2D eigenvalue weighted by molar-refractivity contribution is 6.13. The number of amides is 1. The summed E-state index contributed by atoms with van der Waals surface area (Å²) in [7, 11) is 1.55. The first-order chi connectivity index (χ1) is 23.6. The minimum Gasteiger partial charge on any atom is -0.506 e. The van der Waals surface area contributed by atoms with Crippen LogP contribution in [0.15, 0.2) is 113 Å². The van der Waals surface area contributed by atoms with Gasteiger partial charge in [0.05, 0.1) is 18.8 Å². The van der Waals surface area contributed by atoms with Crippen molar-refractivity contribution < 1.29 is 33.0 Å². The fourth-order valence-corrected chi connectivity index (χ4v) is 6.58. The van der Waals surface area contributed by atoms with Crippen LogP contribution in [0.5, 0.6) is 17.2 Å². The normalized spacial score (nSPS) is 16.7. The molecule has 2 heterocycles. The number of Topliss-reactive ketones (excluding diaryl/α,β-unsaturated/α-hetero) is 1. The molecule has 2 aliphatic rings.